The first kappa shape index (κ1) is 27.6. The highest BCUT2D eigenvalue weighted by Gasteiger charge is 2.35. The number of hydrogen-bond donors (Lipinski definition) is 0. The van der Waals surface area contributed by atoms with Gasteiger partial charge in [-0.3, -0.25) is 14.6 Å². The van der Waals surface area contributed by atoms with Crippen LogP contribution in [0.2, 0.25) is 0 Å². The first-order chi connectivity index (χ1) is 19.8. The molecule has 41 heavy (non-hydrogen) atoms. The lowest BCUT2D eigenvalue weighted by Crippen LogP contribution is -2.39. The van der Waals surface area contributed by atoms with Crippen molar-refractivity contribution < 1.29 is 18.3 Å². The molecule has 0 N–H and O–H groups in total. The predicted octanol–water partition coefficient (Wildman–Crippen LogP) is 6.76. The third-order valence-electron chi connectivity index (χ3n) is 7.00. The van der Waals surface area contributed by atoms with Crippen LogP contribution in [0.3, 0.4) is 0 Å². The standard InChI is InChI=1S/C31H30F2N6O2/c1-6-7-11-28-38(31-29(32)26(40-4)14-27(41-5)30(31)33)17-21-16-35-24(23-18-37(3)36-19(23)2)13-25(21)39(28)22-10-8-9-20(12-22)15-34/h8-14,16,18H,6-7,17H2,1-5H3/b28-11-. The molecule has 0 saturated carbocycles. The summed E-state index contributed by atoms with van der Waals surface area (Å²) >= 11 is 0. The van der Waals surface area contributed by atoms with Gasteiger partial charge in [0.25, 0.3) is 0 Å². The number of unbranched alkanes of at least 4 members (excludes halogenated alkanes) is 1. The highest BCUT2D eigenvalue weighted by Crippen LogP contribution is 2.46. The summed E-state index contributed by atoms with van der Waals surface area (Å²) in [5.74, 6) is -1.45. The Morgan fingerprint density at radius 1 is 1.10 bits per heavy atom. The Balaban J connectivity index is 1.81. The molecule has 0 aliphatic carbocycles. The van der Waals surface area contributed by atoms with Gasteiger partial charge >= 0.3 is 0 Å². The molecule has 0 spiro atoms. The first-order valence-electron chi connectivity index (χ1n) is 13.2. The fourth-order valence-corrected chi connectivity index (χ4v) is 5.06. The number of benzene rings is 2. The van der Waals surface area contributed by atoms with Crippen LogP contribution >= 0.6 is 0 Å². The van der Waals surface area contributed by atoms with E-state index in [2.05, 4.69) is 11.2 Å². The zero-order valence-corrected chi connectivity index (χ0v) is 23.6. The number of hydrogen-bond acceptors (Lipinski definition) is 7. The summed E-state index contributed by atoms with van der Waals surface area (Å²) in [6, 6.07) is 12.5. The highest BCUT2D eigenvalue weighted by molar-refractivity contribution is 5.81. The minimum absolute atomic E-state index is 0.128. The summed E-state index contributed by atoms with van der Waals surface area (Å²) in [7, 11) is 4.50. The quantitative estimate of drug-likeness (QED) is 0.249. The van der Waals surface area contributed by atoms with Crippen molar-refractivity contribution >= 4 is 17.1 Å². The number of aromatic nitrogens is 3. The number of nitriles is 1. The minimum Gasteiger partial charge on any atom is -0.493 e. The minimum atomic E-state index is -0.849. The Hall–Kier alpha value is -4.91. The van der Waals surface area contributed by atoms with Crippen LogP contribution in [0.1, 0.15) is 36.6 Å². The Morgan fingerprint density at radius 2 is 1.83 bits per heavy atom. The van der Waals surface area contributed by atoms with Gasteiger partial charge in [-0.2, -0.15) is 10.4 Å². The molecule has 4 aromatic rings. The van der Waals surface area contributed by atoms with E-state index in [1.165, 1.54) is 20.3 Å². The average molecular weight is 557 g/mol. The monoisotopic (exact) mass is 556 g/mol. The van der Waals surface area contributed by atoms with Crippen LogP contribution in [0.25, 0.3) is 11.3 Å². The van der Waals surface area contributed by atoms with Crippen molar-refractivity contribution in [2.24, 2.45) is 7.05 Å². The third kappa shape index (κ3) is 4.95. The van der Waals surface area contributed by atoms with Crippen LogP contribution in [0, 0.1) is 29.9 Å². The third-order valence-corrected chi connectivity index (χ3v) is 7.00. The summed E-state index contributed by atoms with van der Waals surface area (Å²) in [6.45, 7) is 4.07. The van der Waals surface area contributed by atoms with Gasteiger partial charge in [0.1, 0.15) is 11.5 Å². The number of fused-ring (bicyclic) bond motifs is 1. The molecule has 2 aromatic heterocycles. The summed E-state index contributed by atoms with van der Waals surface area (Å²) in [5, 5.41) is 14.1. The van der Waals surface area contributed by atoms with E-state index in [4.69, 9.17) is 14.5 Å². The van der Waals surface area contributed by atoms with Crippen LogP contribution in [0.5, 0.6) is 11.5 Å². The highest BCUT2D eigenvalue weighted by atomic mass is 19.1. The number of anilines is 3. The Bertz CT molecular complexity index is 1660. The van der Waals surface area contributed by atoms with Gasteiger partial charge in [0.05, 0.1) is 49.5 Å². The van der Waals surface area contributed by atoms with Gasteiger partial charge in [0.15, 0.2) is 23.1 Å². The number of ether oxygens (including phenoxy) is 2. The van der Waals surface area contributed by atoms with E-state index in [1.807, 2.05) is 50.2 Å². The van der Waals surface area contributed by atoms with Crippen molar-refractivity contribution in [2.75, 3.05) is 24.0 Å². The second-order valence-electron chi connectivity index (χ2n) is 9.69. The number of methoxy groups -OCH3 is 2. The number of allylic oxidation sites excluding steroid dienone is 1. The first-order valence-corrected chi connectivity index (χ1v) is 13.2. The average Bonchev–Trinajstić information content (AvgIpc) is 3.33. The number of aryl methyl sites for hydroxylation is 2. The summed E-state index contributed by atoms with van der Waals surface area (Å²) in [5.41, 5.74) is 4.72. The van der Waals surface area contributed by atoms with Gasteiger partial charge < -0.3 is 14.4 Å². The molecule has 0 radical (unpaired) electrons. The molecule has 0 amide bonds. The summed E-state index contributed by atoms with van der Waals surface area (Å²) in [6.07, 6.45) is 7.01. The van der Waals surface area contributed by atoms with Gasteiger partial charge in [-0.15, -0.1) is 0 Å². The SMILES string of the molecule is CCC/C=C1/N(c2c(F)c(OC)cc(OC)c2F)Cc2cnc(-c3cn(C)nc3C)cc2N1c1cccc(C#N)c1. The lowest BCUT2D eigenvalue weighted by atomic mass is 10.0. The van der Waals surface area contributed by atoms with Crippen molar-refractivity contribution in [1.29, 1.82) is 5.26 Å². The molecule has 3 heterocycles. The molecule has 1 aliphatic heterocycles. The fourth-order valence-electron chi connectivity index (χ4n) is 5.06. The second-order valence-corrected chi connectivity index (χ2v) is 9.69. The smallest absolute Gasteiger partial charge is 0.191 e. The largest absolute Gasteiger partial charge is 0.493 e. The molecule has 1 aliphatic rings. The van der Waals surface area contributed by atoms with Crippen molar-refractivity contribution in [1.82, 2.24) is 14.8 Å². The van der Waals surface area contributed by atoms with E-state index in [1.54, 1.807) is 34.0 Å². The maximum atomic E-state index is 15.9. The van der Waals surface area contributed by atoms with E-state index in [0.29, 0.717) is 29.2 Å². The molecular formula is C31H30F2N6O2. The zero-order valence-electron chi connectivity index (χ0n) is 23.6. The van der Waals surface area contributed by atoms with Crippen molar-refractivity contribution in [3.63, 3.8) is 0 Å². The van der Waals surface area contributed by atoms with Gasteiger partial charge in [-0.05, 0) is 43.7 Å². The number of nitrogens with zero attached hydrogens (tertiary/aromatic N) is 6. The summed E-state index contributed by atoms with van der Waals surface area (Å²) < 4.78 is 44.0. The maximum absolute atomic E-state index is 15.9. The van der Waals surface area contributed by atoms with Crippen LogP contribution in [0.15, 0.2) is 60.7 Å². The van der Waals surface area contributed by atoms with E-state index in [0.717, 1.165) is 28.9 Å². The van der Waals surface area contributed by atoms with Crippen LogP contribution in [-0.4, -0.2) is 29.0 Å². The van der Waals surface area contributed by atoms with Crippen molar-refractivity contribution in [3.8, 4) is 28.8 Å². The van der Waals surface area contributed by atoms with E-state index >= 15 is 8.78 Å². The molecule has 0 unspecified atom stereocenters. The molecule has 0 saturated heterocycles. The Morgan fingerprint density at radius 3 is 2.44 bits per heavy atom. The number of pyridine rings is 1. The molecule has 210 valence electrons. The lowest BCUT2D eigenvalue weighted by molar-refractivity contribution is 0.358. The van der Waals surface area contributed by atoms with Crippen molar-refractivity contribution in [2.45, 2.75) is 33.2 Å². The Labute approximate surface area is 237 Å². The Kier molecular flexibility index (Phi) is 7.62. The molecule has 0 atom stereocenters. The lowest BCUT2D eigenvalue weighted by Gasteiger charge is -2.42. The van der Waals surface area contributed by atoms with Gasteiger partial charge in [-0.1, -0.05) is 19.4 Å². The number of rotatable bonds is 7. The van der Waals surface area contributed by atoms with Crippen LogP contribution in [-0.2, 0) is 13.6 Å². The fraction of sp³-hybridized carbons (Fsp3) is 0.258. The topological polar surface area (TPSA) is 79.4 Å². The molecular weight excluding hydrogens is 526 g/mol. The van der Waals surface area contributed by atoms with Gasteiger partial charge in [0, 0.05) is 42.3 Å². The van der Waals surface area contributed by atoms with E-state index < -0.39 is 11.6 Å². The van der Waals surface area contributed by atoms with Crippen LogP contribution < -0.4 is 19.3 Å². The predicted molar refractivity (Wildman–Crippen MR) is 153 cm³/mol. The molecule has 5 rings (SSSR count). The van der Waals surface area contributed by atoms with Gasteiger partial charge in [0.2, 0.25) is 0 Å². The molecule has 8 nitrogen and oxygen atoms in total. The summed E-state index contributed by atoms with van der Waals surface area (Å²) in [4.78, 5) is 8.20. The van der Waals surface area contributed by atoms with Crippen molar-refractivity contribution in [3.05, 3.63) is 89.1 Å². The maximum Gasteiger partial charge on any atom is 0.191 e. The molecule has 0 bridgehead atoms. The van der Waals surface area contributed by atoms with E-state index in [9.17, 15) is 5.26 Å². The normalized spacial score (nSPS) is 13.8. The molecule has 0 fully saturated rings. The number of halogens is 2. The van der Waals surface area contributed by atoms with Crippen LogP contribution in [0.4, 0.5) is 25.8 Å². The zero-order chi connectivity index (χ0) is 29.3. The molecule has 10 heteroatoms. The molecule has 2 aromatic carbocycles. The second kappa shape index (κ2) is 11.3. The van der Waals surface area contributed by atoms with E-state index in [-0.39, 0.29) is 23.7 Å². The van der Waals surface area contributed by atoms with Gasteiger partial charge in [-0.25, -0.2) is 8.78 Å².